The lowest BCUT2D eigenvalue weighted by Crippen LogP contribution is -2.29. The number of carbonyl (C=O) groups is 1. The summed E-state index contributed by atoms with van der Waals surface area (Å²) >= 11 is 3.22. The Balaban J connectivity index is 1.40. The van der Waals surface area contributed by atoms with Crippen LogP contribution in [0.4, 0.5) is 11.4 Å². The Kier molecular flexibility index (Phi) is 5.06. The van der Waals surface area contributed by atoms with Crippen LogP contribution >= 0.6 is 22.7 Å². The first-order valence-electron chi connectivity index (χ1n) is 8.70. The number of anilines is 2. The van der Waals surface area contributed by atoms with Gasteiger partial charge in [-0.05, 0) is 61.3 Å². The maximum atomic E-state index is 12.5. The second-order valence-corrected chi connectivity index (χ2v) is 8.39. The smallest absolute Gasteiger partial charge is 0.265 e. The molecule has 1 saturated heterocycles. The van der Waals surface area contributed by atoms with Crippen LogP contribution in [-0.4, -0.2) is 32.1 Å². The molecular formula is C20H21N3OS2. The summed E-state index contributed by atoms with van der Waals surface area (Å²) in [6.07, 6.45) is 1.17. The standard InChI is InChI=1S/C20H21N3OS2/c1-21-15-10-11-23(13-15)16-6-4-14(5-7-16)22-20(24)19-9-8-18(26-19)17-3-2-12-25-17/h2-9,12,15,21H,10-11,13H2,1H3,(H,22,24). The maximum Gasteiger partial charge on any atom is 0.265 e. The Hall–Kier alpha value is -2.15. The summed E-state index contributed by atoms with van der Waals surface area (Å²) in [6, 6.07) is 16.7. The molecule has 0 aliphatic carbocycles. The van der Waals surface area contributed by atoms with Crippen molar-refractivity contribution < 1.29 is 4.79 Å². The summed E-state index contributed by atoms with van der Waals surface area (Å²) in [6.45, 7) is 2.10. The lowest BCUT2D eigenvalue weighted by Gasteiger charge is -2.19. The molecule has 2 N–H and O–H groups in total. The molecule has 0 bridgehead atoms. The van der Waals surface area contributed by atoms with Gasteiger partial charge in [0.15, 0.2) is 0 Å². The number of hydrogen-bond donors (Lipinski definition) is 2. The van der Waals surface area contributed by atoms with Crippen molar-refractivity contribution in [3.05, 3.63) is 58.8 Å². The van der Waals surface area contributed by atoms with Crippen molar-refractivity contribution in [1.29, 1.82) is 0 Å². The number of hydrogen-bond acceptors (Lipinski definition) is 5. The molecule has 4 rings (SSSR count). The van der Waals surface area contributed by atoms with Gasteiger partial charge in [-0.2, -0.15) is 0 Å². The van der Waals surface area contributed by atoms with Gasteiger partial charge in [-0.1, -0.05) is 6.07 Å². The van der Waals surface area contributed by atoms with E-state index >= 15 is 0 Å². The van der Waals surface area contributed by atoms with E-state index in [1.54, 1.807) is 11.3 Å². The van der Waals surface area contributed by atoms with Crippen LogP contribution in [0.25, 0.3) is 9.75 Å². The van der Waals surface area contributed by atoms with Crippen LogP contribution in [0.15, 0.2) is 53.9 Å². The molecule has 1 unspecified atom stereocenters. The molecule has 0 saturated carbocycles. The molecule has 1 aromatic carbocycles. The number of nitrogens with zero attached hydrogens (tertiary/aromatic N) is 1. The summed E-state index contributed by atoms with van der Waals surface area (Å²) in [5.74, 6) is -0.0537. The minimum atomic E-state index is -0.0537. The Bertz CT molecular complexity index is 871. The van der Waals surface area contributed by atoms with Crippen LogP contribution in [0.5, 0.6) is 0 Å². The zero-order valence-corrected chi connectivity index (χ0v) is 16.2. The lowest BCUT2D eigenvalue weighted by molar-refractivity contribution is 0.103. The van der Waals surface area contributed by atoms with E-state index in [1.165, 1.54) is 28.3 Å². The van der Waals surface area contributed by atoms with Gasteiger partial charge in [0.1, 0.15) is 0 Å². The molecule has 1 amide bonds. The van der Waals surface area contributed by atoms with Gasteiger partial charge >= 0.3 is 0 Å². The largest absolute Gasteiger partial charge is 0.370 e. The van der Waals surface area contributed by atoms with Crippen LogP contribution < -0.4 is 15.5 Å². The summed E-state index contributed by atoms with van der Waals surface area (Å²) < 4.78 is 0. The summed E-state index contributed by atoms with van der Waals surface area (Å²) in [5, 5.41) is 8.38. The highest BCUT2D eigenvalue weighted by Gasteiger charge is 2.21. The molecule has 1 aliphatic heterocycles. The lowest BCUT2D eigenvalue weighted by atomic mass is 10.2. The average molecular weight is 384 g/mol. The van der Waals surface area contributed by atoms with E-state index in [-0.39, 0.29) is 5.91 Å². The van der Waals surface area contributed by atoms with E-state index in [4.69, 9.17) is 0 Å². The minimum absolute atomic E-state index is 0.0537. The van der Waals surface area contributed by atoms with Gasteiger partial charge in [0.05, 0.1) is 4.88 Å². The van der Waals surface area contributed by atoms with E-state index in [0.29, 0.717) is 6.04 Å². The molecule has 2 aromatic heterocycles. The Morgan fingerprint density at radius 3 is 2.65 bits per heavy atom. The third kappa shape index (κ3) is 3.67. The van der Waals surface area contributed by atoms with E-state index in [2.05, 4.69) is 39.1 Å². The van der Waals surface area contributed by atoms with Crippen molar-refractivity contribution in [1.82, 2.24) is 5.32 Å². The third-order valence-electron chi connectivity index (χ3n) is 4.68. The molecule has 3 heterocycles. The van der Waals surface area contributed by atoms with Crippen molar-refractivity contribution in [2.75, 3.05) is 30.4 Å². The molecule has 0 radical (unpaired) electrons. The Morgan fingerprint density at radius 1 is 1.12 bits per heavy atom. The molecule has 3 aromatic rings. The number of likely N-dealkylation sites (N-methyl/N-ethyl adjacent to an activating group) is 1. The van der Waals surface area contributed by atoms with Gasteiger partial charge in [0.2, 0.25) is 0 Å². The van der Waals surface area contributed by atoms with Crippen LogP contribution in [0, 0.1) is 0 Å². The monoisotopic (exact) mass is 383 g/mol. The zero-order chi connectivity index (χ0) is 17.9. The average Bonchev–Trinajstić information content (AvgIpc) is 3.42. The number of benzene rings is 1. The predicted molar refractivity (Wildman–Crippen MR) is 112 cm³/mol. The Morgan fingerprint density at radius 2 is 1.96 bits per heavy atom. The van der Waals surface area contributed by atoms with Gasteiger partial charge in [0.25, 0.3) is 5.91 Å². The van der Waals surface area contributed by atoms with E-state index in [0.717, 1.165) is 28.5 Å². The predicted octanol–water partition coefficient (Wildman–Crippen LogP) is 4.53. The summed E-state index contributed by atoms with van der Waals surface area (Å²) in [5.41, 5.74) is 2.03. The maximum absolute atomic E-state index is 12.5. The van der Waals surface area contributed by atoms with E-state index in [1.807, 2.05) is 37.4 Å². The first kappa shape index (κ1) is 17.3. The zero-order valence-electron chi connectivity index (χ0n) is 14.6. The molecule has 0 spiro atoms. The molecular weight excluding hydrogens is 362 g/mol. The number of rotatable bonds is 5. The van der Waals surface area contributed by atoms with Crippen molar-refractivity contribution in [2.24, 2.45) is 0 Å². The van der Waals surface area contributed by atoms with Gasteiger partial charge < -0.3 is 15.5 Å². The van der Waals surface area contributed by atoms with Crippen LogP contribution in [0.1, 0.15) is 16.1 Å². The van der Waals surface area contributed by atoms with E-state index < -0.39 is 0 Å². The SMILES string of the molecule is CNC1CCN(c2ccc(NC(=O)c3ccc(-c4cccs4)s3)cc2)C1. The normalized spacial score (nSPS) is 16.8. The molecule has 1 aliphatic rings. The van der Waals surface area contributed by atoms with Crippen molar-refractivity contribution >= 4 is 40.0 Å². The van der Waals surface area contributed by atoms with Gasteiger partial charge in [-0.3, -0.25) is 4.79 Å². The minimum Gasteiger partial charge on any atom is -0.370 e. The van der Waals surface area contributed by atoms with Gasteiger partial charge in [-0.15, -0.1) is 22.7 Å². The number of carbonyl (C=O) groups excluding carboxylic acids is 1. The fraction of sp³-hybridized carbons (Fsp3) is 0.250. The summed E-state index contributed by atoms with van der Waals surface area (Å²) in [4.78, 5) is 17.9. The van der Waals surface area contributed by atoms with Gasteiger partial charge in [-0.25, -0.2) is 0 Å². The first-order chi connectivity index (χ1) is 12.7. The fourth-order valence-electron chi connectivity index (χ4n) is 3.19. The van der Waals surface area contributed by atoms with Crippen LogP contribution in [0.2, 0.25) is 0 Å². The highest BCUT2D eigenvalue weighted by Crippen LogP contribution is 2.32. The second kappa shape index (κ2) is 7.61. The molecule has 134 valence electrons. The van der Waals surface area contributed by atoms with Crippen LogP contribution in [-0.2, 0) is 0 Å². The van der Waals surface area contributed by atoms with Crippen molar-refractivity contribution in [3.8, 4) is 9.75 Å². The molecule has 1 fully saturated rings. The van der Waals surface area contributed by atoms with Crippen molar-refractivity contribution in [2.45, 2.75) is 12.5 Å². The third-order valence-corrected chi connectivity index (χ3v) is 6.83. The second-order valence-electron chi connectivity index (χ2n) is 6.36. The van der Waals surface area contributed by atoms with Crippen molar-refractivity contribution in [3.63, 3.8) is 0 Å². The van der Waals surface area contributed by atoms with E-state index in [9.17, 15) is 4.79 Å². The first-order valence-corrected chi connectivity index (χ1v) is 10.4. The molecule has 6 heteroatoms. The fourth-order valence-corrected chi connectivity index (χ4v) is 4.93. The molecule has 1 atom stereocenters. The number of amides is 1. The highest BCUT2D eigenvalue weighted by molar-refractivity contribution is 7.22. The summed E-state index contributed by atoms with van der Waals surface area (Å²) in [7, 11) is 2.02. The Labute approximate surface area is 161 Å². The molecule has 4 nitrogen and oxygen atoms in total. The van der Waals surface area contributed by atoms with Crippen LogP contribution in [0.3, 0.4) is 0 Å². The molecule has 26 heavy (non-hydrogen) atoms. The number of thiophene rings is 2. The quantitative estimate of drug-likeness (QED) is 0.680. The highest BCUT2D eigenvalue weighted by atomic mass is 32.1. The van der Waals surface area contributed by atoms with Gasteiger partial charge in [0, 0.05) is 40.3 Å². The number of nitrogens with one attached hydrogen (secondary N) is 2. The topological polar surface area (TPSA) is 44.4 Å².